The van der Waals surface area contributed by atoms with Gasteiger partial charge in [0.2, 0.25) is 0 Å². The van der Waals surface area contributed by atoms with E-state index in [1.165, 1.54) is 9.91 Å². The van der Waals surface area contributed by atoms with Crippen LogP contribution in [0, 0.1) is 0 Å². The van der Waals surface area contributed by atoms with Crippen LogP contribution in [0.5, 0.6) is 5.75 Å². The molecule has 0 unspecified atom stereocenters. The van der Waals surface area contributed by atoms with Crippen molar-refractivity contribution in [2.75, 3.05) is 33.9 Å². The maximum Gasteiger partial charge on any atom is 0.262 e. The van der Waals surface area contributed by atoms with Crippen LogP contribution in [-0.2, 0) is 9.53 Å². The minimum absolute atomic E-state index is 0.125. The van der Waals surface area contributed by atoms with Gasteiger partial charge in [-0.3, -0.25) is 9.59 Å². The Morgan fingerprint density at radius 3 is 2.49 bits per heavy atom. The normalized spacial score (nSPS) is 15.1. The Morgan fingerprint density at radius 2 is 1.86 bits per heavy atom. The molecule has 2 aromatic carbocycles. The van der Waals surface area contributed by atoms with Crippen LogP contribution in [0.1, 0.15) is 33.3 Å². The number of amides is 2. The third-order valence-corrected chi connectivity index (χ3v) is 6.91. The molecule has 0 fully saturated rings. The van der Waals surface area contributed by atoms with Crippen molar-refractivity contribution in [2.24, 2.45) is 5.10 Å². The third kappa shape index (κ3) is 5.90. The van der Waals surface area contributed by atoms with E-state index in [-0.39, 0.29) is 30.9 Å². The van der Waals surface area contributed by atoms with E-state index in [0.29, 0.717) is 29.4 Å². The van der Waals surface area contributed by atoms with Gasteiger partial charge in [-0.1, -0.05) is 29.8 Å². The number of benzene rings is 2. The van der Waals surface area contributed by atoms with Gasteiger partial charge in [-0.05, 0) is 53.4 Å². The van der Waals surface area contributed by atoms with Crippen LogP contribution in [0.2, 0.25) is 5.02 Å². The first-order valence-electron chi connectivity index (χ1n) is 11.1. The SMILES string of the molecule is COCCN(CC(=O)N1N=C(c2cccs2)C[C@H]1c1ccc(Cl)cc1)C(=O)c1ccc(OC)cc1. The lowest BCUT2D eigenvalue weighted by Crippen LogP contribution is -2.42. The number of carbonyl (C=O) groups is 2. The fourth-order valence-electron chi connectivity index (χ4n) is 3.88. The topological polar surface area (TPSA) is 71.4 Å². The van der Waals surface area contributed by atoms with Gasteiger partial charge in [0, 0.05) is 30.7 Å². The number of nitrogens with zero attached hydrogens (tertiary/aromatic N) is 3. The van der Waals surface area contributed by atoms with Crippen molar-refractivity contribution in [1.82, 2.24) is 9.91 Å². The highest BCUT2D eigenvalue weighted by atomic mass is 35.5. The maximum absolute atomic E-state index is 13.6. The molecule has 7 nitrogen and oxygen atoms in total. The van der Waals surface area contributed by atoms with E-state index in [0.717, 1.165) is 16.2 Å². The zero-order chi connectivity index (χ0) is 24.8. The lowest BCUT2D eigenvalue weighted by Gasteiger charge is -2.27. The molecule has 2 heterocycles. The van der Waals surface area contributed by atoms with Gasteiger partial charge in [-0.15, -0.1) is 11.3 Å². The minimum Gasteiger partial charge on any atom is -0.497 e. The fraction of sp³-hybridized carbons (Fsp3) is 0.269. The highest BCUT2D eigenvalue weighted by molar-refractivity contribution is 7.12. The molecule has 2 amide bonds. The van der Waals surface area contributed by atoms with Crippen molar-refractivity contribution < 1.29 is 19.1 Å². The van der Waals surface area contributed by atoms with Gasteiger partial charge in [0.1, 0.15) is 12.3 Å². The number of methoxy groups -OCH3 is 2. The van der Waals surface area contributed by atoms with E-state index < -0.39 is 0 Å². The second-order valence-electron chi connectivity index (χ2n) is 7.98. The Hall–Kier alpha value is -3.20. The average molecular weight is 512 g/mol. The van der Waals surface area contributed by atoms with Crippen molar-refractivity contribution in [1.29, 1.82) is 0 Å². The molecule has 0 bridgehead atoms. The van der Waals surface area contributed by atoms with Crippen molar-refractivity contribution >= 4 is 40.5 Å². The molecule has 0 N–H and O–H groups in total. The second-order valence-corrected chi connectivity index (χ2v) is 9.37. The number of rotatable bonds is 9. The Kier molecular flexibility index (Phi) is 8.17. The van der Waals surface area contributed by atoms with Gasteiger partial charge in [0.25, 0.3) is 11.8 Å². The van der Waals surface area contributed by atoms with Crippen LogP contribution in [0.15, 0.2) is 71.1 Å². The molecular weight excluding hydrogens is 486 g/mol. The lowest BCUT2D eigenvalue weighted by atomic mass is 10.0. The molecule has 182 valence electrons. The first kappa shape index (κ1) is 24.9. The van der Waals surface area contributed by atoms with E-state index in [1.807, 2.05) is 29.6 Å². The van der Waals surface area contributed by atoms with Gasteiger partial charge in [0.05, 0.1) is 30.3 Å². The molecule has 3 aromatic rings. The summed E-state index contributed by atoms with van der Waals surface area (Å²) in [4.78, 5) is 29.3. The summed E-state index contributed by atoms with van der Waals surface area (Å²) in [6.07, 6.45) is 0.582. The molecule has 0 radical (unpaired) electrons. The molecule has 1 aliphatic rings. The van der Waals surface area contributed by atoms with Crippen molar-refractivity contribution in [3.05, 3.63) is 87.1 Å². The number of hydrogen-bond acceptors (Lipinski definition) is 6. The number of ether oxygens (including phenoxy) is 2. The van der Waals surface area contributed by atoms with Gasteiger partial charge < -0.3 is 14.4 Å². The summed E-state index contributed by atoms with van der Waals surface area (Å²) in [5.74, 6) is 0.122. The summed E-state index contributed by atoms with van der Waals surface area (Å²) in [6.45, 7) is 0.451. The van der Waals surface area contributed by atoms with Gasteiger partial charge >= 0.3 is 0 Å². The second kappa shape index (κ2) is 11.5. The summed E-state index contributed by atoms with van der Waals surface area (Å²) in [6, 6.07) is 17.9. The summed E-state index contributed by atoms with van der Waals surface area (Å²) in [5.41, 5.74) is 2.24. The Morgan fingerprint density at radius 1 is 1.11 bits per heavy atom. The van der Waals surface area contributed by atoms with Gasteiger partial charge in [-0.25, -0.2) is 5.01 Å². The van der Waals surface area contributed by atoms with E-state index >= 15 is 0 Å². The first-order chi connectivity index (χ1) is 17.0. The Labute approximate surface area is 213 Å². The molecular formula is C26H26ClN3O4S. The highest BCUT2D eigenvalue weighted by Crippen LogP contribution is 2.34. The van der Waals surface area contributed by atoms with Crippen molar-refractivity contribution in [3.8, 4) is 5.75 Å². The molecule has 0 aliphatic carbocycles. The van der Waals surface area contributed by atoms with Crippen LogP contribution in [0.25, 0.3) is 0 Å². The van der Waals surface area contributed by atoms with Crippen LogP contribution in [-0.4, -0.2) is 61.4 Å². The minimum atomic E-state index is -0.280. The molecule has 0 saturated carbocycles. The quantitative estimate of drug-likeness (QED) is 0.410. The molecule has 1 aliphatic heterocycles. The van der Waals surface area contributed by atoms with Crippen LogP contribution >= 0.6 is 22.9 Å². The maximum atomic E-state index is 13.6. The van der Waals surface area contributed by atoms with E-state index in [1.54, 1.807) is 62.0 Å². The van der Waals surface area contributed by atoms with E-state index in [4.69, 9.17) is 26.2 Å². The van der Waals surface area contributed by atoms with Gasteiger partial charge in [0.15, 0.2) is 0 Å². The first-order valence-corrected chi connectivity index (χ1v) is 12.4. The molecule has 4 rings (SSSR count). The van der Waals surface area contributed by atoms with E-state index in [2.05, 4.69) is 0 Å². The zero-order valence-electron chi connectivity index (χ0n) is 19.5. The third-order valence-electron chi connectivity index (χ3n) is 5.74. The molecule has 9 heteroatoms. The van der Waals surface area contributed by atoms with Gasteiger partial charge in [-0.2, -0.15) is 5.10 Å². The molecule has 35 heavy (non-hydrogen) atoms. The number of halogens is 1. The predicted octanol–water partition coefficient (Wildman–Crippen LogP) is 4.88. The summed E-state index contributed by atoms with van der Waals surface area (Å²) in [7, 11) is 3.13. The average Bonchev–Trinajstić information content (AvgIpc) is 3.57. The molecule has 0 spiro atoms. The molecule has 1 aromatic heterocycles. The summed E-state index contributed by atoms with van der Waals surface area (Å²) in [5, 5.41) is 8.80. The number of thiophene rings is 1. The number of hydrogen-bond donors (Lipinski definition) is 0. The van der Waals surface area contributed by atoms with Crippen LogP contribution in [0.3, 0.4) is 0 Å². The monoisotopic (exact) mass is 511 g/mol. The fourth-order valence-corrected chi connectivity index (χ4v) is 4.73. The molecule has 0 saturated heterocycles. The summed E-state index contributed by atoms with van der Waals surface area (Å²) >= 11 is 7.67. The Bertz CT molecular complexity index is 1180. The van der Waals surface area contributed by atoms with E-state index in [9.17, 15) is 9.59 Å². The highest BCUT2D eigenvalue weighted by Gasteiger charge is 2.34. The van der Waals surface area contributed by atoms with Crippen molar-refractivity contribution in [2.45, 2.75) is 12.5 Å². The largest absolute Gasteiger partial charge is 0.497 e. The van der Waals surface area contributed by atoms with Crippen LogP contribution < -0.4 is 4.74 Å². The predicted molar refractivity (Wildman–Crippen MR) is 137 cm³/mol. The lowest BCUT2D eigenvalue weighted by molar-refractivity contribution is -0.133. The van der Waals surface area contributed by atoms with Crippen molar-refractivity contribution in [3.63, 3.8) is 0 Å². The zero-order valence-corrected chi connectivity index (χ0v) is 21.1. The van der Waals surface area contributed by atoms with Crippen LogP contribution in [0.4, 0.5) is 0 Å². The standard InChI is InChI=1S/C26H26ClN3O4S/c1-33-14-13-29(26(32)19-7-11-21(34-2)12-8-19)17-25(31)30-23(18-5-9-20(27)10-6-18)16-22(28-30)24-4-3-15-35-24/h3-12,15,23H,13-14,16-17H2,1-2H3/t23-/m0/s1. The number of carbonyl (C=O) groups excluding carboxylic acids is 2. The smallest absolute Gasteiger partial charge is 0.262 e. The summed E-state index contributed by atoms with van der Waals surface area (Å²) < 4.78 is 10.4. The molecule has 1 atom stereocenters. The Balaban J connectivity index is 1.59. The number of hydrazone groups is 1.